The molecule has 1 aliphatic heterocycles. The highest BCUT2D eigenvalue weighted by molar-refractivity contribution is 6.28. The number of rotatable bonds is 4. The zero-order valence-electron chi connectivity index (χ0n) is 9.82. The predicted octanol–water partition coefficient (Wildman–Crippen LogP) is 0.578. The van der Waals surface area contributed by atoms with E-state index in [2.05, 4.69) is 25.2 Å². The fourth-order valence-electron chi connectivity index (χ4n) is 1.68. The quantitative estimate of drug-likeness (QED) is 0.851. The Morgan fingerprint density at radius 2 is 2.06 bits per heavy atom. The zero-order valence-corrected chi connectivity index (χ0v) is 10.6. The first-order valence-electron chi connectivity index (χ1n) is 5.66. The van der Waals surface area contributed by atoms with Crippen molar-refractivity contribution in [2.75, 3.05) is 44.7 Å². The molecular formula is C10H16ClN5O. The minimum absolute atomic E-state index is 0.228. The molecule has 0 bridgehead atoms. The molecule has 0 saturated carbocycles. The highest BCUT2D eigenvalue weighted by atomic mass is 35.5. The van der Waals surface area contributed by atoms with Crippen LogP contribution in [0.1, 0.15) is 5.82 Å². The molecule has 1 aromatic heterocycles. The first-order chi connectivity index (χ1) is 8.24. The molecule has 0 amide bonds. The number of aromatic nitrogens is 3. The molecule has 2 rings (SSSR count). The molecule has 0 radical (unpaired) electrons. The third-order valence-electron chi connectivity index (χ3n) is 2.53. The van der Waals surface area contributed by atoms with Crippen LogP contribution in [0.15, 0.2) is 0 Å². The van der Waals surface area contributed by atoms with Crippen molar-refractivity contribution in [1.82, 2.24) is 19.9 Å². The SMILES string of the molecule is Cc1nc(Cl)nc(NCCN2CCOCC2)n1. The smallest absolute Gasteiger partial charge is 0.227 e. The fourth-order valence-corrected chi connectivity index (χ4v) is 1.88. The van der Waals surface area contributed by atoms with Crippen LogP contribution in [0.3, 0.4) is 0 Å². The lowest BCUT2D eigenvalue weighted by Crippen LogP contribution is -2.39. The van der Waals surface area contributed by atoms with Crippen LogP contribution in [0, 0.1) is 6.92 Å². The van der Waals surface area contributed by atoms with E-state index in [4.69, 9.17) is 16.3 Å². The largest absolute Gasteiger partial charge is 0.379 e. The lowest BCUT2D eigenvalue weighted by Gasteiger charge is -2.26. The monoisotopic (exact) mass is 257 g/mol. The molecule has 1 fully saturated rings. The van der Waals surface area contributed by atoms with Crippen LogP contribution in [0.5, 0.6) is 0 Å². The van der Waals surface area contributed by atoms with E-state index in [-0.39, 0.29) is 5.28 Å². The molecule has 0 spiro atoms. The number of morpholine rings is 1. The summed E-state index contributed by atoms with van der Waals surface area (Å²) in [6.07, 6.45) is 0. The van der Waals surface area contributed by atoms with Crippen LogP contribution < -0.4 is 5.32 Å². The summed E-state index contributed by atoms with van der Waals surface area (Å²) in [7, 11) is 0. The van der Waals surface area contributed by atoms with E-state index >= 15 is 0 Å². The molecule has 1 aliphatic rings. The second kappa shape index (κ2) is 6.09. The van der Waals surface area contributed by atoms with Gasteiger partial charge in [-0.25, -0.2) is 4.98 Å². The molecule has 0 unspecified atom stereocenters. The minimum atomic E-state index is 0.228. The molecule has 17 heavy (non-hydrogen) atoms. The van der Waals surface area contributed by atoms with Gasteiger partial charge in [0, 0.05) is 26.2 Å². The van der Waals surface area contributed by atoms with Gasteiger partial charge in [0.15, 0.2) is 0 Å². The first-order valence-corrected chi connectivity index (χ1v) is 6.04. The molecule has 6 nitrogen and oxygen atoms in total. The zero-order chi connectivity index (χ0) is 12.1. The lowest BCUT2D eigenvalue weighted by atomic mass is 10.4. The van der Waals surface area contributed by atoms with Crippen molar-refractivity contribution in [1.29, 1.82) is 0 Å². The third kappa shape index (κ3) is 4.07. The van der Waals surface area contributed by atoms with Crippen molar-refractivity contribution in [3.05, 3.63) is 11.1 Å². The lowest BCUT2D eigenvalue weighted by molar-refractivity contribution is 0.0398. The van der Waals surface area contributed by atoms with E-state index in [1.165, 1.54) is 0 Å². The number of nitrogens with zero attached hydrogens (tertiary/aromatic N) is 4. The van der Waals surface area contributed by atoms with E-state index in [1.54, 1.807) is 6.92 Å². The summed E-state index contributed by atoms with van der Waals surface area (Å²) >= 11 is 5.75. The highest BCUT2D eigenvalue weighted by Gasteiger charge is 2.09. The van der Waals surface area contributed by atoms with E-state index in [0.29, 0.717) is 11.8 Å². The van der Waals surface area contributed by atoms with Crippen LogP contribution in [0.4, 0.5) is 5.95 Å². The molecule has 2 heterocycles. The average Bonchev–Trinajstić information content (AvgIpc) is 2.29. The maximum atomic E-state index is 5.75. The summed E-state index contributed by atoms with van der Waals surface area (Å²) in [5, 5.41) is 3.37. The number of hydrogen-bond acceptors (Lipinski definition) is 6. The Balaban J connectivity index is 1.77. The van der Waals surface area contributed by atoms with Gasteiger partial charge in [0.25, 0.3) is 0 Å². The Morgan fingerprint density at radius 3 is 2.76 bits per heavy atom. The van der Waals surface area contributed by atoms with Gasteiger partial charge >= 0.3 is 0 Å². The van der Waals surface area contributed by atoms with Crippen molar-refractivity contribution >= 4 is 17.5 Å². The van der Waals surface area contributed by atoms with Crippen LogP contribution in [-0.2, 0) is 4.74 Å². The van der Waals surface area contributed by atoms with Gasteiger partial charge in [0.05, 0.1) is 13.2 Å². The topological polar surface area (TPSA) is 63.2 Å². The van der Waals surface area contributed by atoms with Gasteiger partial charge in [-0.15, -0.1) is 0 Å². The number of hydrogen-bond donors (Lipinski definition) is 1. The van der Waals surface area contributed by atoms with Gasteiger partial charge in [0.2, 0.25) is 11.2 Å². The van der Waals surface area contributed by atoms with Gasteiger partial charge in [0.1, 0.15) is 5.82 Å². The van der Waals surface area contributed by atoms with Crippen LogP contribution in [-0.4, -0.2) is 59.2 Å². The van der Waals surface area contributed by atoms with Gasteiger partial charge in [-0.1, -0.05) is 0 Å². The second-order valence-electron chi connectivity index (χ2n) is 3.86. The Kier molecular flexibility index (Phi) is 4.47. The first kappa shape index (κ1) is 12.5. The molecule has 7 heteroatoms. The summed E-state index contributed by atoms with van der Waals surface area (Å²) in [6.45, 7) is 7.14. The second-order valence-corrected chi connectivity index (χ2v) is 4.19. The Hall–Kier alpha value is -0.980. The van der Waals surface area contributed by atoms with Crippen LogP contribution in [0.25, 0.3) is 0 Å². The van der Waals surface area contributed by atoms with E-state index in [9.17, 15) is 0 Å². The number of anilines is 1. The number of ether oxygens (including phenoxy) is 1. The van der Waals surface area contributed by atoms with Crippen molar-refractivity contribution < 1.29 is 4.74 Å². The maximum Gasteiger partial charge on any atom is 0.227 e. The molecule has 94 valence electrons. The number of nitrogens with one attached hydrogen (secondary N) is 1. The minimum Gasteiger partial charge on any atom is -0.379 e. The predicted molar refractivity (Wildman–Crippen MR) is 65.3 cm³/mol. The van der Waals surface area contributed by atoms with Gasteiger partial charge in [-0.05, 0) is 18.5 Å². The molecule has 1 N–H and O–H groups in total. The fraction of sp³-hybridized carbons (Fsp3) is 0.700. The summed E-state index contributed by atoms with van der Waals surface area (Å²) in [5.74, 6) is 1.16. The van der Waals surface area contributed by atoms with Crippen molar-refractivity contribution in [3.8, 4) is 0 Å². The molecule has 0 atom stereocenters. The Bertz CT molecular complexity index is 349. The number of halogens is 1. The summed E-state index contributed by atoms with van der Waals surface area (Å²) in [4.78, 5) is 14.4. The molecule has 1 aromatic rings. The van der Waals surface area contributed by atoms with Gasteiger partial charge in [-0.2, -0.15) is 9.97 Å². The highest BCUT2D eigenvalue weighted by Crippen LogP contribution is 2.05. The normalized spacial score (nSPS) is 17.1. The molecule has 0 aromatic carbocycles. The number of aryl methyl sites for hydroxylation is 1. The van der Waals surface area contributed by atoms with Crippen LogP contribution in [0.2, 0.25) is 5.28 Å². The van der Waals surface area contributed by atoms with E-state index < -0.39 is 0 Å². The molecule has 1 saturated heterocycles. The Labute approximate surface area is 105 Å². The summed E-state index contributed by atoms with van der Waals surface area (Å²) in [5.41, 5.74) is 0. The third-order valence-corrected chi connectivity index (χ3v) is 2.70. The van der Waals surface area contributed by atoms with Crippen molar-refractivity contribution in [2.45, 2.75) is 6.92 Å². The Morgan fingerprint density at radius 1 is 1.29 bits per heavy atom. The van der Waals surface area contributed by atoms with Gasteiger partial charge in [-0.3, -0.25) is 4.90 Å². The van der Waals surface area contributed by atoms with Crippen molar-refractivity contribution in [2.24, 2.45) is 0 Å². The van der Waals surface area contributed by atoms with Crippen LogP contribution >= 0.6 is 11.6 Å². The van der Waals surface area contributed by atoms with Crippen molar-refractivity contribution in [3.63, 3.8) is 0 Å². The average molecular weight is 258 g/mol. The van der Waals surface area contributed by atoms with E-state index in [1.807, 2.05) is 0 Å². The standard InChI is InChI=1S/C10H16ClN5O/c1-8-13-9(11)15-10(14-8)12-2-3-16-4-6-17-7-5-16/h2-7H2,1H3,(H,12,13,14,15). The van der Waals surface area contributed by atoms with Gasteiger partial charge < -0.3 is 10.1 Å². The summed E-state index contributed by atoms with van der Waals surface area (Å²) < 4.78 is 5.28. The van der Waals surface area contributed by atoms with E-state index in [0.717, 1.165) is 39.4 Å². The summed E-state index contributed by atoms with van der Waals surface area (Å²) in [6, 6.07) is 0. The molecule has 0 aliphatic carbocycles. The maximum absolute atomic E-state index is 5.75. The molecular weight excluding hydrogens is 242 g/mol.